The predicted octanol–water partition coefficient (Wildman–Crippen LogP) is 2.18. The molecule has 2 aromatic rings. The van der Waals surface area contributed by atoms with E-state index in [9.17, 15) is 4.79 Å². The maximum Gasteiger partial charge on any atom is 0.225 e. The van der Waals surface area contributed by atoms with Crippen molar-refractivity contribution < 1.29 is 14.3 Å². The number of nitrogens with one attached hydrogen (secondary N) is 1. The van der Waals surface area contributed by atoms with Crippen molar-refractivity contribution in [1.82, 2.24) is 9.88 Å². The Morgan fingerprint density at radius 1 is 1.29 bits per heavy atom. The highest BCUT2D eigenvalue weighted by Crippen LogP contribution is 2.30. The van der Waals surface area contributed by atoms with Crippen molar-refractivity contribution in [2.24, 2.45) is 0 Å². The van der Waals surface area contributed by atoms with Gasteiger partial charge in [-0.25, -0.2) is 0 Å². The SMILES string of the molecule is CN(CCC(=O)Nc1cccnc1)C[C@H]1COc2ccccc2O1. The molecule has 6 nitrogen and oxygen atoms in total. The van der Waals surface area contributed by atoms with Crippen LogP contribution in [0.5, 0.6) is 11.5 Å². The Morgan fingerprint density at radius 3 is 2.92 bits per heavy atom. The fourth-order valence-electron chi connectivity index (χ4n) is 2.54. The Morgan fingerprint density at radius 2 is 2.12 bits per heavy atom. The number of amides is 1. The van der Waals surface area contributed by atoms with Gasteiger partial charge in [0, 0.05) is 25.7 Å². The van der Waals surface area contributed by atoms with Crippen molar-refractivity contribution in [3.63, 3.8) is 0 Å². The van der Waals surface area contributed by atoms with Crippen LogP contribution in [0.4, 0.5) is 5.69 Å². The van der Waals surface area contributed by atoms with E-state index in [2.05, 4.69) is 15.2 Å². The second-order valence-corrected chi connectivity index (χ2v) is 5.80. The highest BCUT2D eigenvalue weighted by molar-refractivity contribution is 5.90. The smallest absolute Gasteiger partial charge is 0.225 e. The molecule has 0 radical (unpaired) electrons. The summed E-state index contributed by atoms with van der Waals surface area (Å²) in [5.74, 6) is 1.53. The van der Waals surface area contributed by atoms with Gasteiger partial charge < -0.3 is 19.7 Å². The summed E-state index contributed by atoms with van der Waals surface area (Å²) in [4.78, 5) is 18.0. The van der Waals surface area contributed by atoms with Crippen molar-refractivity contribution in [3.8, 4) is 11.5 Å². The monoisotopic (exact) mass is 327 g/mol. The third kappa shape index (κ3) is 4.45. The summed E-state index contributed by atoms with van der Waals surface area (Å²) in [6, 6.07) is 11.3. The average molecular weight is 327 g/mol. The molecule has 0 aliphatic carbocycles. The number of para-hydroxylation sites is 2. The van der Waals surface area contributed by atoms with Crippen LogP contribution in [0.2, 0.25) is 0 Å². The molecular formula is C18H21N3O3. The molecule has 0 saturated carbocycles. The number of hydrogen-bond donors (Lipinski definition) is 1. The second kappa shape index (κ2) is 7.79. The van der Waals surface area contributed by atoms with Crippen molar-refractivity contribution in [3.05, 3.63) is 48.8 Å². The van der Waals surface area contributed by atoms with Crippen LogP contribution in [0.15, 0.2) is 48.8 Å². The van der Waals surface area contributed by atoms with Gasteiger partial charge in [0.15, 0.2) is 11.5 Å². The van der Waals surface area contributed by atoms with Crippen LogP contribution in [0.1, 0.15) is 6.42 Å². The molecule has 0 unspecified atom stereocenters. The molecule has 3 rings (SSSR count). The first-order valence-corrected chi connectivity index (χ1v) is 7.97. The number of rotatable bonds is 6. The van der Waals surface area contributed by atoms with Gasteiger partial charge >= 0.3 is 0 Å². The molecule has 1 aliphatic rings. The van der Waals surface area contributed by atoms with E-state index in [1.165, 1.54) is 0 Å². The van der Waals surface area contributed by atoms with Gasteiger partial charge in [0.2, 0.25) is 5.91 Å². The lowest BCUT2D eigenvalue weighted by atomic mass is 10.2. The standard InChI is InChI=1S/C18H21N3O3/c1-21(10-8-18(22)20-14-5-4-9-19-11-14)12-15-13-23-16-6-2-3-7-17(16)24-15/h2-7,9,11,15H,8,10,12-13H2,1H3,(H,20,22)/t15-/m0/s1. The molecule has 0 bridgehead atoms. The van der Waals surface area contributed by atoms with E-state index < -0.39 is 0 Å². The minimum absolute atomic E-state index is 0.0268. The Kier molecular flexibility index (Phi) is 5.28. The summed E-state index contributed by atoms with van der Waals surface area (Å²) in [6.45, 7) is 1.87. The lowest BCUT2D eigenvalue weighted by molar-refractivity contribution is -0.116. The van der Waals surface area contributed by atoms with E-state index in [-0.39, 0.29) is 12.0 Å². The lowest BCUT2D eigenvalue weighted by Crippen LogP contribution is -2.40. The molecule has 1 aromatic heterocycles. The van der Waals surface area contributed by atoms with Crippen LogP contribution in [0.3, 0.4) is 0 Å². The van der Waals surface area contributed by atoms with Crippen LogP contribution in [-0.2, 0) is 4.79 Å². The molecule has 126 valence electrons. The van der Waals surface area contributed by atoms with Gasteiger partial charge in [0.25, 0.3) is 0 Å². The molecule has 6 heteroatoms. The molecule has 1 atom stereocenters. The van der Waals surface area contributed by atoms with E-state index in [0.29, 0.717) is 31.8 Å². The maximum absolute atomic E-state index is 12.0. The highest BCUT2D eigenvalue weighted by atomic mass is 16.6. The quantitative estimate of drug-likeness (QED) is 0.881. The van der Waals surface area contributed by atoms with E-state index in [0.717, 1.165) is 11.5 Å². The van der Waals surface area contributed by atoms with Crippen LogP contribution in [0, 0.1) is 0 Å². The van der Waals surface area contributed by atoms with Gasteiger partial charge in [-0.3, -0.25) is 9.78 Å². The number of anilines is 1. The largest absolute Gasteiger partial charge is 0.486 e. The zero-order valence-electron chi connectivity index (χ0n) is 13.6. The first kappa shape index (κ1) is 16.3. The number of carbonyl (C=O) groups is 1. The van der Waals surface area contributed by atoms with Crippen LogP contribution < -0.4 is 14.8 Å². The number of benzene rings is 1. The van der Waals surface area contributed by atoms with Gasteiger partial charge in [0.05, 0.1) is 11.9 Å². The third-order valence-corrected chi connectivity index (χ3v) is 3.75. The second-order valence-electron chi connectivity index (χ2n) is 5.80. The number of pyridine rings is 1. The molecule has 1 N–H and O–H groups in total. The van der Waals surface area contributed by atoms with Crippen molar-refractivity contribution in [2.45, 2.75) is 12.5 Å². The summed E-state index contributed by atoms with van der Waals surface area (Å²) >= 11 is 0. The Bertz CT molecular complexity index is 678. The number of hydrogen-bond acceptors (Lipinski definition) is 5. The van der Waals surface area contributed by atoms with E-state index in [1.54, 1.807) is 18.5 Å². The zero-order chi connectivity index (χ0) is 16.8. The first-order chi connectivity index (χ1) is 11.7. The number of carbonyl (C=O) groups excluding carboxylic acids is 1. The van der Waals surface area contributed by atoms with Crippen molar-refractivity contribution >= 4 is 11.6 Å². The topological polar surface area (TPSA) is 63.7 Å². The third-order valence-electron chi connectivity index (χ3n) is 3.75. The van der Waals surface area contributed by atoms with Gasteiger partial charge in [-0.1, -0.05) is 12.1 Å². The van der Waals surface area contributed by atoms with Gasteiger partial charge in [0.1, 0.15) is 12.7 Å². The molecule has 1 amide bonds. The molecule has 2 heterocycles. The Labute approximate surface area is 141 Å². The van der Waals surface area contributed by atoms with Crippen molar-refractivity contribution in [2.75, 3.05) is 32.1 Å². The van der Waals surface area contributed by atoms with Gasteiger partial charge in [-0.2, -0.15) is 0 Å². The number of ether oxygens (including phenoxy) is 2. The fourth-order valence-corrected chi connectivity index (χ4v) is 2.54. The number of aromatic nitrogens is 1. The summed E-state index contributed by atoms with van der Waals surface area (Å²) < 4.78 is 11.6. The molecule has 0 fully saturated rings. The summed E-state index contributed by atoms with van der Waals surface area (Å²) in [6.07, 6.45) is 3.68. The molecule has 0 spiro atoms. The number of nitrogens with zero attached hydrogens (tertiary/aromatic N) is 2. The van der Waals surface area contributed by atoms with Crippen LogP contribution in [-0.4, -0.2) is 48.6 Å². The minimum atomic E-state index is -0.0358. The normalized spacial score (nSPS) is 16.0. The molecule has 1 aromatic carbocycles. The average Bonchev–Trinajstić information content (AvgIpc) is 2.61. The molecule has 0 saturated heterocycles. The summed E-state index contributed by atoms with van der Waals surface area (Å²) in [5, 5.41) is 2.83. The van der Waals surface area contributed by atoms with E-state index in [4.69, 9.17) is 9.47 Å². The Balaban J connectivity index is 1.41. The summed E-state index contributed by atoms with van der Waals surface area (Å²) in [7, 11) is 1.97. The Hall–Kier alpha value is -2.60. The molecule has 24 heavy (non-hydrogen) atoms. The van der Waals surface area contributed by atoms with Gasteiger partial charge in [-0.15, -0.1) is 0 Å². The van der Waals surface area contributed by atoms with Crippen molar-refractivity contribution in [1.29, 1.82) is 0 Å². The lowest BCUT2D eigenvalue weighted by Gasteiger charge is -2.29. The maximum atomic E-state index is 12.0. The summed E-state index contributed by atoms with van der Waals surface area (Å²) in [5.41, 5.74) is 0.714. The predicted molar refractivity (Wildman–Crippen MR) is 91.3 cm³/mol. The minimum Gasteiger partial charge on any atom is -0.486 e. The number of likely N-dealkylation sites (N-methyl/N-ethyl adjacent to an activating group) is 1. The highest BCUT2D eigenvalue weighted by Gasteiger charge is 2.21. The zero-order valence-corrected chi connectivity index (χ0v) is 13.6. The molecule has 1 aliphatic heterocycles. The van der Waals surface area contributed by atoms with Crippen LogP contribution >= 0.6 is 0 Å². The number of fused-ring (bicyclic) bond motifs is 1. The van der Waals surface area contributed by atoms with E-state index >= 15 is 0 Å². The molecular weight excluding hydrogens is 306 g/mol. The van der Waals surface area contributed by atoms with Crippen LogP contribution in [0.25, 0.3) is 0 Å². The van der Waals surface area contributed by atoms with E-state index in [1.807, 2.05) is 37.4 Å². The first-order valence-electron chi connectivity index (χ1n) is 7.97. The van der Waals surface area contributed by atoms with Gasteiger partial charge in [-0.05, 0) is 31.3 Å². The fraction of sp³-hybridized carbons (Fsp3) is 0.333.